The molecule has 2 aromatic carbocycles. The van der Waals surface area contributed by atoms with E-state index in [0.29, 0.717) is 6.54 Å². The molecule has 2 aromatic rings. The molecule has 1 aliphatic rings. The maximum Gasteiger partial charge on any atom is 0.213 e. The summed E-state index contributed by atoms with van der Waals surface area (Å²) < 4.78 is 6.13. The van der Waals surface area contributed by atoms with Crippen LogP contribution in [0.3, 0.4) is 0 Å². The number of benzene rings is 2. The van der Waals surface area contributed by atoms with E-state index in [-0.39, 0.29) is 0 Å². The first-order valence-corrected chi connectivity index (χ1v) is 8.95. The molecule has 0 fully saturated rings. The van der Waals surface area contributed by atoms with Gasteiger partial charge in [-0.05, 0) is 50.5 Å². The molecule has 0 saturated carbocycles. The van der Waals surface area contributed by atoms with E-state index >= 15 is 0 Å². The molecule has 0 saturated heterocycles. The topological polar surface area (TPSA) is 21.6 Å². The van der Waals surface area contributed by atoms with Gasteiger partial charge < -0.3 is 4.74 Å². The van der Waals surface area contributed by atoms with E-state index in [4.69, 9.17) is 4.74 Å². The molecule has 3 rings (SSSR count). The highest BCUT2D eigenvalue weighted by atomic mass is 16.5. The summed E-state index contributed by atoms with van der Waals surface area (Å²) in [6, 6.07) is 20.5. The molecule has 1 heterocycles. The first kappa shape index (κ1) is 18.0. The molecule has 0 N–H and O–H groups in total. The van der Waals surface area contributed by atoms with Crippen molar-refractivity contribution in [3.8, 4) is 0 Å². The average Bonchev–Trinajstić information content (AvgIpc) is 2.88. The molecular formula is C24H25NO. The van der Waals surface area contributed by atoms with E-state index in [2.05, 4.69) is 62.7 Å². The molecule has 2 nitrogen and oxygen atoms in total. The highest BCUT2D eigenvalue weighted by molar-refractivity contribution is 5.97. The number of rotatable bonds is 4. The molecule has 0 aromatic heterocycles. The molecular weight excluding hydrogens is 318 g/mol. The largest absolute Gasteiger partial charge is 0.467 e. The van der Waals surface area contributed by atoms with E-state index in [0.717, 1.165) is 22.6 Å². The predicted molar refractivity (Wildman–Crippen MR) is 109 cm³/mol. The zero-order chi connectivity index (χ0) is 18.6. The molecule has 0 unspecified atom stereocenters. The van der Waals surface area contributed by atoms with Crippen LogP contribution in [0.25, 0.3) is 5.57 Å². The summed E-state index contributed by atoms with van der Waals surface area (Å²) in [6.45, 7) is 8.93. The Morgan fingerprint density at radius 2 is 1.65 bits per heavy atom. The number of ether oxygens (including phenoxy) is 1. The van der Waals surface area contributed by atoms with Crippen LogP contribution < -0.4 is 0 Å². The Balaban J connectivity index is 1.89. The summed E-state index contributed by atoms with van der Waals surface area (Å²) in [5, 5.41) is 0. The minimum Gasteiger partial charge on any atom is -0.467 e. The third-order valence-corrected chi connectivity index (χ3v) is 4.61. The van der Waals surface area contributed by atoms with Crippen molar-refractivity contribution in [3.63, 3.8) is 0 Å². The van der Waals surface area contributed by atoms with Gasteiger partial charge in [0.2, 0.25) is 5.90 Å². The molecule has 1 aliphatic heterocycles. The lowest BCUT2D eigenvalue weighted by atomic mass is 9.95. The first-order valence-electron chi connectivity index (χ1n) is 8.95. The summed E-state index contributed by atoms with van der Waals surface area (Å²) in [4.78, 5) is 4.69. The predicted octanol–water partition coefficient (Wildman–Crippen LogP) is 5.97. The van der Waals surface area contributed by atoms with Gasteiger partial charge >= 0.3 is 0 Å². The monoisotopic (exact) mass is 343 g/mol. The van der Waals surface area contributed by atoms with Gasteiger partial charge in [-0.15, -0.1) is 5.73 Å². The third-order valence-electron chi connectivity index (χ3n) is 4.61. The Morgan fingerprint density at radius 1 is 1.04 bits per heavy atom. The van der Waals surface area contributed by atoms with Crippen LogP contribution in [0.5, 0.6) is 0 Å². The first-order chi connectivity index (χ1) is 12.5. The minimum atomic E-state index is -0.399. The van der Waals surface area contributed by atoms with Crippen molar-refractivity contribution < 1.29 is 4.74 Å². The van der Waals surface area contributed by atoms with Crippen molar-refractivity contribution in [2.45, 2.75) is 39.8 Å². The molecule has 0 bridgehead atoms. The zero-order valence-corrected chi connectivity index (χ0v) is 15.9. The van der Waals surface area contributed by atoms with Crippen LogP contribution >= 0.6 is 0 Å². The normalized spacial score (nSPS) is 17.0. The van der Waals surface area contributed by atoms with E-state index in [9.17, 15) is 0 Å². The second kappa shape index (κ2) is 7.59. The fourth-order valence-corrected chi connectivity index (χ4v) is 3.07. The average molecular weight is 343 g/mol. The summed E-state index contributed by atoms with van der Waals surface area (Å²) in [5.41, 5.74) is 8.69. The van der Waals surface area contributed by atoms with Crippen molar-refractivity contribution in [2.24, 2.45) is 4.99 Å². The number of hydrogen-bond donors (Lipinski definition) is 0. The van der Waals surface area contributed by atoms with Gasteiger partial charge in [-0.3, -0.25) is 0 Å². The van der Waals surface area contributed by atoms with Crippen LogP contribution in [0.15, 0.2) is 88.6 Å². The Bertz CT molecular complexity index is 896. The number of nitrogens with zero attached hydrogens (tertiary/aromatic N) is 1. The van der Waals surface area contributed by atoms with Crippen molar-refractivity contribution in [1.29, 1.82) is 0 Å². The molecule has 0 atom stereocenters. The van der Waals surface area contributed by atoms with E-state index in [1.807, 2.05) is 42.5 Å². The lowest BCUT2D eigenvalue weighted by Crippen LogP contribution is -2.22. The highest BCUT2D eigenvalue weighted by Gasteiger charge is 2.35. The third kappa shape index (κ3) is 4.04. The molecule has 0 amide bonds. The summed E-state index contributed by atoms with van der Waals surface area (Å²) in [6.07, 6.45) is 2.04. The molecule has 26 heavy (non-hydrogen) atoms. The smallest absolute Gasteiger partial charge is 0.213 e. The molecule has 0 aliphatic carbocycles. The summed E-state index contributed by atoms with van der Waals surface area (Å²) in [7, 11) is 0. The quantitative estimate of drug-likeness (QED) is 0.627. The molecule has 132 valence electrons. The Kier molecular flexibility index (Phi) is 5.25. The van der Waals surface area contributed by atoms with Gasteiger partial charge in [0.1, 0.15) is 5.60 Å². The van der Waals surface area contributed by atoms with Gasteiger partial charge in [0.15, 0.2) is 0 Å². The second-order valence-electron chi connectivity index (χ2n) is 7.04. The van der Waals surface area contributed by atoms with Gasteiger partial charge in [-0.2, -0.15) is 0 Å². The molecule has 2 heteroatoms. The second-order valence-corrected chi connectivity index (χ2v) is 7.04. The number of hydrogen-bond acceptors (Lipinski definition) is 2. The van der Waals surface area contributed by atoms with E-state index in [1.165, 1.54) is 11.1 Å². The van der Waals surface area contributed by atoms with Gasteiger partial charge in [0, 0.05) is 11.1 Å². The van der Waals surface area contributed by atoms with Crippen LogP contribution in [0.1, 0.15) is 38.8 Å². The van der Waals surface area contributed by atoms with Gasteiger partial charge in [0.25, 0.3) is 0 Å². The van der Waals surface area contributed by atoms with Crippen LogP contribution in [-0.4, -0.2) is 11.5 Å². The van der Waals surface area contributed by atoms with Crippen molar-refractivity contribution >= 4 is 11.5 Å². The Hall–Kier alpha value is -2.83. The van der Waals surface area contributed by atoms with Crippen LogP contribution in [0, 0.1) is 0 Å². The van der Waals surface area contributed by atoms with Crippen molar-refractivity contribution in [3.05, 3.63) is 94.7 Å². The van der Waals surface area contributed by atoms with Crippen molar-refractivity contribution in [2.75, 3.05) is 0 Å². The summed E-state index contributed by atoms with van der Waals surface area (Å²) in [5.74, 6) is 0.726. The standard InChI is InChI=1S/C24H25NO/c1-18(21-13-9-6-10-14-21)15-16-22-19(2)23(26-24(22,3)4)25-17-20-11-7-5-8-12-20/h5-14,16H,17H2,1-4H3. The fourth-order valence-electron chi connectivity index (χ4n) is 3.07. The Morgan fingerprint density at radius 3 is 2.31 bits per heavy atom. The highest BCUT2D eigenvalue weighted by Crippen LogP contribution is 2.34. The van der Waals surface area contributed by atoms with Gasteiger partial charge in [0.05, 0.1) is 6.54 Å². The maximum atomic E-state index is 6.13. The van der Waals surface area contributed by atoms with Gasteiger partial charge in [-0.25, -0.2) is 4.99 Å². The van der Waals surface area contributed by atoms with Gasteiger partial charge in [-0.1, -0.05) is 60.7 Å². The lowest BCUT2D eigenvalue weighted by Gasteiger charge is -2.19. The molecule has 0 radical (unpaired) electrons. The number of aliphatic imine (C=N–C) groups is 1. The van der Waals surface area contributed by atoms with E-state index < -0.39 is 5.60 Å². The molecule has 0 spiro atoms. The maximum absolute atomic E-state index is 6.13. The summed E-state index contributed by atoms with van der Waals surface area (Å²) >= 11 is 0. The Labute approximate surface area is 156 Å². The SMILES string of the molecule is CC(=C=CC1=C(C)C(=NCc2ccccc2)OC1(C)C)c1ccccc1. The minimum absolute atomic E-state index is 0.399. The van der Waals surface area contributed by atoms with Crippen LogP contribution in [0.2, 0.25) is 0 Å². The zero-order valence-electron chi connectivity index (χ0n) is 15.9. The van der Waals surface area contributed by atoms with Crippen LogP contribution in [-0.2, 0) is 11.3 Å². The van der Waals surface area contributed by atoms with Crippen molar-refractivity contribution in [1.82, 2.24) is 0 Å². The lowest BCUT2D eigenvalue weighted by molar-refractivity contribution is 0.153. The van der Waals surface area contributed by atoms with Crippen LogP contribution in [0.4, 0.5) is 0 Å². The fraction of sp³-hybridized carbons (Fsp3) is 0.250. The van der Waals surface area contributed by atoms with E-state index in [1.54, 1.807) is 0 Å².